The Morgan fingerprint density at radius 3 is 2.42 bits per heavy atom. The van der Waals surface area contributed by atoms with Crippen LogP contribution in [0.2, 0.25) is 0 Å². The zero-order valence-electron chi connectivity index (χ0n) is 14.4. The molecule has 134 valence electrons. The molecule has 1 aliphatic heterocycles. The van der Waals surface area contributed by atoms with Crippen LogP contribution in [0.25, 0.3) is 0 Å². The van der Waals surface area contributed by atoms with E-state index in [4.69, 9.17) is 5.73 Å². The second kappa shape index (κ2) is 8.09. The molecule has 0 bridgehead atoms. The van der Waals surface area contributed by atoms with Gasteiger partial charge in [0.15, 0.2) is 0 Å². The largest absolute Gasteiger partial charge is 0.354 e. The lowest BCUT2D eigenvalue weighted by Crippen LogP contribution is -2.35. The average Bonchev–Trinajstić information content (AvgIpc) is 2.89. The Bertz CT molecular complexity index is 656. The molecule has 6 nitrogen and oxygen atoms in total. The SMILES string of the molecule is CC(C)c1ccc(C(N)CNC(=O)CCN2CCCS2(=O)=O)cc1. The summed E-state index contributed by atoms with van der Waals surface area (Å²) in [5.41, 5.74) is 8.34. The number of benzene rings is 1. The standard InChI is InChI=1S/C17H27N3O3S/c1-13(2)14-4-6-15(7-5-14)16(18)12-19-17(21)8-10-20-9-3-11-24(20,22)23/h4-7,13,16H,3,8-12,18H2,1-2H3,(H,19,21). The number of amides is 1. The Balaban J connectivity index is 1.76. The summed E-state index contributed by atoms with van der Waals surface area (Å²) in [7, 11) is -3.14. The van der Waals surface area contributed by atoms with Crippen LogP contribution in [-0.4, -0.2) is 44.0 Å². The van der Waals surface area contributed by atoms with Crippen LogP contribution in [-0.2, 0) is 14.8 Å². The number of hydrogen-bond acceptors (Lipinski definition) is 4. The minimum atomic E-state index is -3.14. The molecule has 2 rings (SSSR count). The molecule has 7 heteroatoms. The van der Waals surface area contributed by atoms with E-state index in [0.717, 1.165) is 5.56 Å². The molecule has 0 saturated carbocycles. The summed E-state index contributed by atoms with van der Waals surface area (Å²) >= 11 is 0. The van der Waals surface area contributed by atoms with Crippen LogP contribution in [0.5, 0.6) is 0 Å². The monoisotopic (exact) mass is 353 g/mol. The molecule has 3 N–H and O–H groups in total. The molecule has 1 aromatic carbocycles. The Morgan fingerprint density at radius 1 is 1.25 bits per heavy atom. The molecule has 1 amide bonds. The molecule has 1 saturated heterocycles. The van der Waals surface area contributed by atoms with Crippen molar-refractivity contribution in [2.24, 2.45) is 5.73 Å². The highest BCUT2D eigenvalue weighted by Gasteiger charge is 2.28. The second-order valence-electron chi connectivity index (χ2n) is 6.55. The van der Waals surface area contributed by atoms with Gasteiger partial charge in [-0.25, -0.2) is 12.7 Å². The lowest BCUT2D eigenvalue weighted by atomic mass is 9.99. The molecule has 1 atom stereocenters. The van der Waals surface area contributed by atoms with Crippen LogP contribution in [0.15, 0.2) is 24.3 Å². The molecule has 1 aliphatic rings. The maximum Gasteiger partial charge on any atom is 0.221 e. The number of nitrogens with two attached hydrogens (primary N) is 1. The predicted molar refractivity (Wildman–Crippen MR) is 95.1 cm³/mol. The fourth-order valence-electron chi connectivity index (χ4n) is 2.73. The van der Waals surface area contributed by atoms with Gasteiger partial charge >= 0.3 is 0 Å². The van der Waals surface area contributed by atoms with Crippen LogP contribution in [0.4, 0.5) is 0 Å². The number of carbonyl (C=O) groups is 1. The van der Waals surface area contributed by atoms with Crippen molar-refractivity contribution in [3.8, 4) is 0 Å². The number of sulfonamides is 1. The van der Waals surface area contributed by atoms with E-state index in [1.807, 2.05) is 12.1 Å². The van der Waals surface area contributed by atoms with E-state index in [-0.39, 0.29) is 30.7 Å². The average molecular weight is 353 g/mol. The van der Waals surface area contributed by atoms with E-state index in [1.165, 1.54) is 9.87 Å². The normalized spacial score (nSPS) is 18.7. The molecule has 24 heavy (non-hydrogen) atoms. The fourth-order valence-corrected chi connectivity index (χ4v) is 4.26. The molecule has 0 spiro atoms. The van der Waals surface area contributed by atoms with Crippen molar-refractivity contribution in [3.05, 3.63) is 35.4 Å². The van der Waals surface area contributed by atoms with E-state index in [9.17, 15) is 13.2 Å². The summed E-state index contributed by atoms with van der Waals surface area (Å²) in [5.74, 6) is 0.481. The quantitative estimate of drug-likeness (QED) is 0.774. The van der Waals surface area contributed by atoms with E-state index in [2.05, 4.69) is 31.3 Å². The van der Waals surface area contributed by atoms with Crippen molar-refractivity contribution in [1.29, 1.82) is 0 Å². The molecular formula is C17H27N3O3S. The van der Waals surface area contributed by atoms with E-state index in [0.29, 0.717) is 25.4 Å². The van der Waals surface area contributed by atoms with Gasteiger partial charge in [-0.1, -0.05) is 38.1 Å². The van der Waals surface area contributed by atoms with Gasteiger partial charge in [0.25, 0.3) is 0 Å². The topological polar surface area (TPSA) is 92.5 Å². The van der Waals surface area contributed by atoms with Gasteiger partial charge in [-0.05, 0) is 23.5 Å². The smallest absolute Gasteiger partial charge is 0.221 e. The van der Waals surface area contributed by atoms with Crippen LogP contribution in [0, 0.1) is 0 Å². The molecular weight excluding hydrogens is 326 g/mol. The van der Waals surface area contributed by atoms with Crippen molar-refractivity contribution in [2.75, 3.05) is 25.4 Å². The van der Waals surface area contributed by atoms with Crippen LogP contribution >= 0.6 is 0 Å². The zero-order valence-corrected chi connectivity index (χ0v) is 15.2. The maximum absolute atomic E-state index is 11.9. The summed E-state index contributed by atoms with van der Waals surface area (Å²) < 4.78 is 24.7. The van der Waals surface area contributed by atoms with Gasteiger partial charge in [0, 0.05) is 32.1 Å². The minimum absolute atomic E-state index is 0.165. The molecule has 0 radical (unpaired) electrons. The fraction of sp³-hybridized carbons (Fsp3) is 0.588. The summed E-state index contributed by atoms with van der Waals surface area (Å²) in [6.07, 6.45) is 0.805. The van der Waals surface area contributed by atoms with Gasteiger partial charge in [0.2, 0.25) is 15.9 Å². The molecule has 1 fully saturated rings. The molecule has 1 heterocycles. The number of nitrogens with zero attached hydrogens (tertiary/aromatic N) is 1. The lowest BCUT2D eigenvalue weighted by Gasteiger charge is -2.16. The van der Waals surface area contributed by atoms with Crippen molar-refractivity contribution < 1.29 is 13.2 Å². The summed E-state index contributed by atoms with van der Waals surface area (Å²) in [6, 6.07) is 7.82. The highest BCUT2D eigenvalue weighted by Crippen LogP contribution is 2.17. The van der Waals surface area contributed by atoms with E-state index >= 15 is 0 Å². The summed E-state index contributed by atoms with van der Waals surface area (Å²) in [4.78, 5) is 11.9. The van der Waals surface area contributed by atoms with Gasteiger partial charge in [0.1, 0.15) is 0 Å². The summed E-state index contributed by atoms with van der Waals surface area (Å²) in [6.45, 7) is 5.36. The van der Waals surface area contributed by atoms with E-state index in [1.54, 1.807) is 0 Å². The van der Waals surface area contributed by atoms with Crippen molar-refractivity contribution >= 4 is 15.9 Å². The molecule has 0 aliphatic carbocycles. The highest BCUT2D eigenvalue weighted by molar-refractivity contribution is 7.89. The lowest BCUT2D eigenvalue weighted by molar-refractivity contribution is -0.121. The zero-order chi connectivity index (χ0) is 17.7. The Morgan fingerprint density at radius 2 is 1.88 bits per heavy atom. The first-order chi connectivity index (χ1) is 11.3. The first kappa shape index (κ1) is 18.9. The number of hydrogen-bond donors (Lipinski definition) is 2. The van der Waals surface area contributed by atoms with Gasteiger partial charge in [-0.3, -0.25) is 4.79 Å². The van der Waals surface area contributed by atoms with Crippen LogP contribution in [0.1, 0.15) is 49.8 Å². The minimum Gasteiger partial charge on any atom is -0.354 e. The summed E-state index contributed by atoms with van der Waals surface area (Å²) in [5, 5.41) is 2.78. The predicted octanol–water partition coefficient (Wildman–Crippen LogP) is 1.35. The second-order valence-corrected chi connectivity index (χ2v) is 8.64. The van der Waals surface area contributed by atoms with Crippen LogP contribution in [0.3, 0.4) is 0 Å². The number of nitrogens with one attached hydrogen (secondary N) is 1. The third-order valence-corrected chi connectivity index (χ3v) is 6.30. The first-order valence-electron chi connectivity index (χ1n) is 8.39. The number of rotatable bonds is 7. The van der Waals surface area contributed by atoms with Crippen molar-refractivity contribution in [3.63, 3.8) is 0 Å². The van der Waals surface area contributed by atoms with E-state index < -0.39 is 10.0 Å². The third-order valence-electron chi connectivity index (χ3n) is 4.34. The Hall–Kier alpha value is -1.44. The van der Waals surface area contributed by atoms with Gasteiger partial charge in [0.05, 0.1) is 5.75 Å². The molecule has 1 unspecified atom stereocenters. The maximum atomic E-state index is 11.9. The number of carbonyl (C=O) groups excluding carboxylic acids is 1. The molecule has 0 aromatic heterocycles. The molecule has 1 aromatic rings. The van der Waals surface area contributed by atoms with Gasteiger partial charge in [-0.2, -0.15) is 0 Å². The first-order valence-corrected chi connectivity index (χ1v) is 10.0. The Kier molecular flexibility index (Phi) is 6.37. The van der Waals surface area contributed by atoms with Gasteiger partial charge in [-0.15, -0.1) is 0 Å². The third kappa shape index (κ3) is 5.03. The van der Waals surface area contributed by atoms with Gasteiger partial charge < -0.3 is 11.1 Å². The van der Waals surface area contributed by atoms with Crippen molar-refractivity contribution in [2.45, 2.75) is 38.6 Å². The van der Waals surface area contributed by atoms with Crippen LogP contribution < -0.4 is 11.1 Å². The Labute approximate surface area is 144 Å². The van der Waals surface area contributed by atoms with Crippen molar-refractivity contribution in [1.82, 2.24) is 9.62 Å². The highest BCUT2D eigenvalue weighted by atomic mass is 32.2.